The van der Waals surface area contributed by atoms with E-state index < -0.39 is 23.6 Å². The summed E-state index contributed by atoms with van der Waals surface area (Å²) in [6.45, 7) is 2.49. The summed E-state index contributed by atoms with van der Waals surface area (Å²) in [5.41, 5.74) is 9.90. The van der Waals surface area contributed by atoms with Crippen molar-refractivity contribution >= 4 is 69.6 Å². The van der Waals surface area contributed by atoms with Crippen LogP contribution in [0, 0.1) is 0 Å². The topological polar surface area (TPSA) is 230 Å². The van der Waals surface area contributed by atoms with Gasteiger partial charge in [0.15, 0.2) is 0 Å². The van der Waals surface area contributed by atoms with Crippen LogP contribution >= 0.6 is 0 Å². The lowest BCUT2D eigenvalue weighted by molar-refractivity contribution is 0.0942. The zero-order chi connectivity index (χ0) is 42.0. The first kappa shape index (κ1) is 40.0. The molecule has 0 aromatic carbocycles. The lowest BCUT2D eigenvalue weighted by atomic mass is 10.3. The van der Waals surface area contributed by atoms with Crippen LogP contribution < -0.4 is 37.6 Å². The Hall–Kier alpha value is -7.70. The van der Waals surface area contributed by atoms with E-state index in [1.807, 2.05) is 6.92 Å². The molecule has 58 heavy (non-hydrogen) atoms. The molecular weight excluding hydrogens is 747 g/mol. The van der Waals surface area contributed by atoms with E-state index in [0.29, 0.717) is 52.1 Å². The largest absolute Gasteiger partial charge is 0.397 e. The van der Waals surface area contributed by atoms with Crippen LogP contribution in [0.3, 0.4) is 0 Å². The molecule has 19 heteroatoms. The number of anilines is 6. The molecule has 0 spiro atoms. The van der Waals surface area contributed by atoms with E-state index in [9.17, 15) is 28.8 Å². The van der Waals surface area contributed by atoms with Crippen LogP contribution in [0.15, 0.2) is 73.6 Å². The predicted molar refractivity (Wildman–Crippen MR) is 219 cm³/mol. The highest BCUT2D eigenvalue weighted by Crippen LogP contribution is 2.22. The third kappa shape index (κ3) is 8.57. The van der Waals surface area contributed by atoms with E-state index >= 15 is 0 Å². The Kier molecular flexibility index (Phi) is 11.2. The Labute approximate surface area is 332 Å². The minimum Gasteiger partial charge on any atom is -0.397 e. The van der Waals surface area contributed by atoms with Crippen molar-refractivity contribution in [1.82, 2.24) is 32.7 Å². The van der Waals surface area contributed by atoms with E-state index in [-0.39, 0.29) is 34.6 Å². The fraction of sp³-hybridized carbons (Fsp3) is 0.231. The molecule has 0 bridgehead atoms. The number of aryl methyl sites for hydroxylation is 6. The first-order chi connectivity index (χ1) is 27.5. The number of amides is 6. The lowest BCUT2D eigenvalue weighted by Gasteiger charge is -2.03. The molecule has 0 radical (unpaired) electrons. The molecule has 0 saturated carbocycles. The minimum atomic E-state index is -0.489. The van der Waals surface area contributed by atoms with Gasteiger partial charge in [-0.1, -0.05) is 6.92 Å². The summed E-state index contributed by atoms with van der Waals surface area (Å²) >= 11 is 0. The molecule has 0 fully saturated rings. The second kappa shape index (κ2) is 16.2. The highest BCUT2D eigenvalue weighted by Gasteiger charge is 2.21. The molecule has 0 atom stereocenters. The second-order valence-corrected chi connectivity index (χ2v) is 13.9. The first-order valence-electron chi connectivity index (χ1n) is 18.1. The van der Waals surface area contributed by atoms with Crippen molar-refractivity contribution in [1.29, 1.82) is 0 Å². The standard InChI is InChI=1S/C39H45N13O6/c1-8-9-41-34(53)29-11-23(17-48(29)3)43-36(55)31-13-25(19-50(31)5)45-38(57)33-15-27(21-52(33)7)46-39(58)32-14-26(20-51(32)6)44-37(56)30-12-24(18-49(30)4)42-35(54)28-10-22(40)16-47(28)2/h10-21H,8-9,40H2,1-7H3,(H,41,53)(H,42,54)(H,43,55)(H,44,56)(H,45,57)(H,46,58). The summed E-state index contributed by atoms with van der Waals surface area (Å²) in [5.74, 6) is -2.51. The summed E-state index contributed by atoms with van der Waals surface area (Å²) in [7, 11) is 10.1. The third-order valence-corrected chi connectivity index (χ3v) is 9.27. The Morgan fingerprint density at radius 1 is 0.414 bits per heavy atom. The summed E-state index contributed by atoms with van der Waals surface area (Å²) in [6, 6.07) is 9.23. The number of nitrogens with two attached hydrogens (primary N) is 1. The van der Waals surface area contributed by atoms with Crippen LogP contribution in [0.5, 0.6) is 0 Å². The monoisotopic (exact) mass is 791 g/mol. The first-order valence-corrected chi connectivity index (χ1v) is 18.1. The van der Waals surface area contributed by atoms with Crippen LogP contribution in [0.1, 0.15) is 76.3 Å². The van der Waals surface area contributed by atoms with E-state index in [4.69, 9.17) is 5.73 Å². The molecule has 0 unspecified atom stereocenters. The van der Waals surface area contributed by atoms with Gasteiger partial charge in [0.2, 0.25) is 0 Å². The smallest absolute Gasteiger partial charge is 0.272 e. The molecule has 0 aliphatic carbocycles. The number of rotatable bonds is 13. The summed E-state index contributed by atoms with van der Waals surface area (Å²) in [4.78, 5) is 78.2. The maximum Gasteiger partial charge on any atom is 0.272 e. The average Bonchev–Trinajstić information content (AvgIpc) is 4.00. The highest BCUT2D eigenvalue weighted by molar-refractivity contribution is 6.10. The molecule has 0 aliphatic rings. The third-order valence-electron chi connectivity index (χ3n) is 9.27. The maximum atomic E-state index is 13.3. The van der Waals surface area contributed by atoms with Crippen molar-refractivity contribution in [2.45, 2.75) is 13.3 Å². The van der Waals surface area contributed by atoms with Crippen molar-refractivity contribution in [3.05, 3.63) is 108 Å². The van der Waals surface area contributed by atoms with Crippen LogP contribution in [-0.4, -0.2) is 69.4 Å². The number of hydrogen-bond acceptors (Lipinski definition) is 7. The Morgan fingerprint density at radius 3 is 0.897 bits per heavy atom. The quantitative estimate of drug-likeness (QED) is 0.0916. The van der Waals surface area contributed by atoms with Crippen LogP contribution in [-0.2, 0) is 42.3 Å². The molecule has 6 rings (SSSR count). The molecule has 6 amide bonds. The van der Waals surface area contributed by atoms with Gasteiger partial charge in [-0.05, 0) is 42.8 Å². The minimum absolute atomic E-state index is 0.230. The normalized spacial score (nSPS) is 10.9. The maximum absolute atomic E-state index is 13.3. The Bertz CT molecular complexity index is 2590. The van der Waals surface area contributed by atoms with Gasteiger partial charge in [-0.2, -0.15) is 0 Å². The van der Waals surface area contributed by atoms with Gasteiger partial charge in [0.1, 0.15) is 34.2 Å². The fourth-order valence-corrected chi connectivity index (χ4v) is 6.41. The van der Waals surface area contributed by atoms with E-state index in [0.717, 1.165) is 6.42 Å². The number of nitrogen functional groups attached to an aromatic ring is 1. The Balaban J connectivity index is 1.05. The molecule has 6 aromatic rings. The van der Waals surface area contributed by atoms with E-state index in [1.165, 1.54) is 24.3 Å². The van der Waals surface area contributed by atoms with E-state index in [2.05, 4.69) is 31.9 Å². The molecule has 0 aliphatic heterocycles. The SMILES string of the molecule is CCCNC(=O)c1cc(NC(=O)c2cc(NC(=O)c3cc(NC(=O)c4cc(NC(=O)c5cc(NC(=O)c6cc(N)cn6C)cn5C)cn4C)cn3C)cn2C)cn1C. The van der Waals surface area contributed by atoms with Gasteiger partial charge >= 0.3 is 0 Å². The van der Waals surface area contributed by atoms with Gasteiger partial charge in [0.25, 0.3) is 35.4 Å². The summed E-state index contributed by atoms with van der Waals surface area (Å²) in [6.07, 6.45) is 10.4. The van der Waals surface area contributed by atoms with Gasteiger partial charge < -0.3 is 65.0 Å². The zero-order valence-electron chi connectivity index (χ0n) is 33.1. The van der Waals surface area contributed by atoms with Crippen molar-refractivity contribution < 1.29 is 28.8 Å². The fourth-order valence-electron chi connectivity index (χ4n) is 6.41. The van der Waals surface area contributed by atoms with Crippen molar-refractivity contribution in [3.8, 4) is 0 Å². The summed E-state index contributed by atoms with van der Waals surface area (Å²) in [5, 5.41) is 16.7. The zero-order valence-corrected chi connectivity index (χ0v) is 33.1. The van der Waals surface area contributed by atoms with Crippen LogP contribution in [0.2, 0.25) is 0 Å². The molecule has 6 heterocycles. The van der Waals surface area contributed by atoms with Crippen LogP contribution in [0.4, 0.5) is 34.1 Å². The number of hydrogen-bond donors (Lipinski definition) is 7. The van der Waals surface area contributed by atoms with Crippen LogP contribution in [0.25, 0.3) is 0 Å². The molecular formula is C39H45N13O6. The molecule has 8 N–H and O–H groups in total. The molecule has 19 nitrogen and oxygen atoms in total. The lowest BCUT2D eigenvalue weighted by Crippen LogP contribution is -2.25. The Morgan fingerprint density at radius 2 is 0.655 bits per heavy atom. The van der Waals surface area contributed by atoms with Gasteiger partial charge in [0.05, 0.1) is 34.1 Å². The number of nitrogens with zero attached hydrogens (tertiary/aromatic N) is 6. The van der Waals surface area contributed by atoms with Gasteiger partial charge in [-0.15, -0.1) is 0 Å². The number of nitrogens with one attached hydrogen (secondary N) is 6. The van der Waals surface area contributed by atoms with Gasteiger partial charge in [-0.25, -0.2) is 0 Å². The molecule has 0 saturated heterocycles. The number of carbonyl (C=O) groups is 6. The van der Waals surface area contributed by atoms with Crippen molar-refractivity contribution in [2.75, 3.05) is 38.9 Å². The molecule has 6 aromatic heterocycles. The van der Waals surface area contributed by atoms with Gasteiger partial charge in [-0.3, -0.25) is 28.8 Å². The van der Waals surface area contributed by atoms with Gasteiger partial charge in [0, 0.05) is 86.0 Å². The van der Waals surface area contributed by atoms with E-state index in [1.54, 1.807) is 119 Å². The van der Waals surface area contributed by atoms with Crippen molar-refractivity contribution in [2.24, 2.45) is 42.3 Å². The summed E-state index contributed by atoms with van der Waals surface area (Å²) < 4.78 is 9.46. The second-order valence-electron chi connectivity index (χ2n) is 13.9. The average molecular weight is 792 g/mol. The molecule has 302 valence electrons. The predicted octanol–water partition coefficient (Wildman–Crippen LogP) is 3.70. The van der Waals surface area contributed by atoms with Crippen molar-refractivity contribution in [3.63, 3.8) is 0 Å². The number of carbonyl (C=O) groups excluding carboxylic acids is 6. The highest BCUT2D eigenvalue weighted by atomic mass is 16.2. The number of aromatic nitrogens is 6.